The summed E-state index contributed by atoms with van der Waals surface area (Å²) in [6.07, 6.45) is 3.66. The van der Waals surface area contributed by atoms with Gasteiger partial charge in [-0.25, -0.2) is 4.99 Å². The minimum absolute atomic E-state index is 0.559. The summed E-state index contributed by atoms with van der Waals surface area (Å²) in [6.45, 7) is 7.94. The van der Waals surface area contributed by atoms with Gasteiger partial charge < -0.3 is 4.57 Å². The molecule has 0 fully saturated rings. The van der Waals surface area contributed by atoms with Gasteiger partial charge in [0.1, 0.15) is 5.49 Å². The second-order valence-corrected chi connectivity index (χ2v) is 3.40. The Kier molecular flexibility index (Phi) is 3.07. The van der Waals surface area contributed by atoms with Crippen LogP contribution in [0.15, 0.2) is 36.1 Å². The van der Waals surface area contributed by atoms with Crippen LogP contribution < -0.4 is 5.49 Å². The molecule has 1 aromatic rings. The van der Waals surface area contributed by atoms with E-state index < -0.39 is 0 Å². The molecule has 0 saturated carbocycles. The van der Waals surface area contributed by atoms with Crippen molar-refractivity contribution in [2.45, 2.75) is 19.8 Å². The minimum atomic E-state index is 0.559. The zero-order valence-corrected chi connectivity index (χ0v) is 8.49. The van der Waals surface area contributed by atoms with Crippen LogP contribution in [-0.2, 0) is 7.05 Å². The van der Waals surface area contributed by atoms with E-state index in [1.165, 1.54) is 5.56 Å². The molecule has 13 heavy (non-hydrogen) atoms. The second-order valence-electron chi connectivity index (χ2n) is 3.40. The monoisotopic (exact) mass is 176 g/mol. The third kappa shape index (κ3) is 2.31. The molecular weight excluding hydrogens is 160 g/mol. The summed E-state index contributed by atoms with van der Waals surface area (Å²) in [5, 5.41) is 0. The van der Waals surface area contributed by atoms with Crippen LogP contribution in [0.1, 0.15) is 25.3 Å². The summed E-state index contributed by atoms with van der Waals surface area (Å²) >= 11 is 0. The van der Waals surface area contributed by atoms with Gasteiger partial charge in [0.15, 0.2) is 0 Å². The van der Waals surface area contributed by atoms with Crippen molar-refractivity contribution in [3.8, 4) is 0 Å². The normalized spacial score (nSPS) is 12.2. The van der Waals surface area contributed by atoms with E-state index in [1.54, 1.807) is 6.20 Å². The van der Waals surface area contributed by atoms with Crippen molar-refractivity contribution in [3.05, 3.63) is 42.2 Å². The van der Waals surface area contributed by atoms with Crippen LogP contribution in [0.25, 0.3) is 0 Å². The number of rotatable bonds is 2. The first kappa shape index (κ1) is 9.78. The molecule has 0 bridgehead atoms. The summed E-state index contributed by atoms with van der Waals surface area (Å²) in [4.78, 5) is 4.13. The first-order chi connectivity index (χ1) is 6.15. The van der Waals surface area contributed by atoms with Crippen molar-refractivity contribution < 1.29 is 0 Å². The van der Waals surface area contributed by atoms with Crippen LogP contribution in [-0.4, -0.2) is 4.57 Å². The van der Waals surface area contributed by atoms with Gasteiger partial charge in [-0.3, -0.25) is 0 Å². The minimum Gasteiger partial charge on any atom is -0.336 e. The van der Waals surface area contributed by atoms with Crippen LogP contribution in [0.4, 0.5) is 0 Å². The average molecular weight is 176 g/mol. The highest BCUT2D eigenvalue weighted by molar-refractivity contribution is 5.13. The van der Waals surface area contributed by atoms with Gasteiger partial charge in [0, 0.05) is 19.4 Å². The highest BCUT2D eigenvalue weighted by atomic mass is 15.0. The third-order valence-corrected chi connectivity index (χ3v) is 2.02. The second kappa shape index (κ2) is 4.08. The zero-order valence-electron chi connectivity index (χ0n) is 8.49. The van der Waals surface area contributed by atoms with E-state index in [-0.39, 0.29) is 0 Å². The molecule has 0 aliphatic rings. The van der Waals surface area contributed by atoms with Crippen molar-refractivity contribution in [2.24, 2.45) is 12.0 Å². The lowest BCUT2D eigenvalue weighted by Gasteiger charge is -2.07. The Labute approximate surface area is 79.3 Å². The molecule has 2 nitrogen and oxygen atoms in total. The maximum Gasteiger partial charge on any atom is 0.132 e. The van der Waals surface area contributed by atoms with Gasteiger partial charge >= 0.3 is 0 Å². The molecule has 0 aliphatic carbocycles. The Bertz CT molecular complexity index is 359. The van der Waals surface area contributed by atoms with Crippen LogP contribution in [0.3, 0.4) is 0 Å². The maximum atomic E-state index is 4.13. The Hall–Kier alpha value is -1.31. The molecule has 0 amide bonds. The summed E-state index contributed by atoms with van der Waals surface area (Å²) in [6, 6.07) is 4.12. The van der Waals surface area contributed by atoms with Crippen LogP contribution in [0, 0.1) is 0 Å². The fourth-order valence-electron chi connectivity index (χ4n) is 1.19. The molecule has 0 atom stereocenters. The van der Waals surface area contributed by atoms with E-state index in [9.17, 15) is 0 Å². The topological polar surface area (TPSA) is 17.3 Å². The van der Waals surface area contributed by atoms with Crippen molar-refractivity contribution >= 4 is 0 Å². The van der Waals surface area contributed by atoms with E-state index in [4.69, 9.17) is 0 Å². The summed E-state index contributed by atoms with van der Waals surface area (Å²) in [7, 11) is 1.99. The molecule has 70 valence electrons. The highest BCUT2D eigenvalue weighted by Crippen LogP contribution is 2.10. The van der Waals surface area contributed by atoms with Gasteiger partial charge in [0.05, 0.1) is 0 Å². The number of aromatic nitrogens is 1. The molecule has 0 aromatic carbocycles. The smallest absolute Gasteiger partial charge is 0.132 e. The number of aryl methyl sites for hydroxylation is 1. The molecule has 0 spiro atoms. The summed E-state index contributed by atoms with van der Waals surface area (Å²) in [5.74, 6) is 0.559. The van der Waals surface area contributed by atoms with E-state index >= 15 is 0 Å². The SMILES string of the molecule is C=CN=c1ccc(C(C)C)cn1C. The quantitative estimate of drug-likeness (QED) is 0.657. The van der Waals surface area contributed by atoms with E-state index in [0.717, 1.165) is 5.49 Å². The lowest BCUT2D eigenvalue weighted by molar-refractivity contribution is 0.781. The van der Waals surface area contributed by atoms with Crippen LogP contribution in [0.2, 0.25) is 0 Å². The Balaban J connectivity index is 3.20. The van der Waals surface area contributed by atoms with E-state index in [2.05, 4.69) is 37.7 Å². The predicted octanol–water partition coefficient (Wildman–Crippen LogP) is 2.19. The molecule has 0 N–H and O–H groups in total. The average Bonchev–Trinajstić information content (AvgIpc) is 2.08. The predicted molar refractivity (Wildman–Crippen MR) is 55.3 cm³/mol. The maximum absolute atomic E-state index is 4.13. The fraction of sp³-hybridized carbons (Fsp3) is 0.364. The van der Waals surface area contributed by atoms with Gasteiger partial charge in [-0.1, -0.05) is 26.5 Å². The molecule has 0 saturated heterocycles. The first-order valence-electron chi connectivity index (χ1n) is 4.46. The van der Waals surface area contributed by atoms with Gasteiger partial charge in [-0.05, 0) is 17.5 Å². The van der Waals surface area contributed by atoms with Crippen molar-refractivity contribution in [1.29, 1.82) is 0 Å². The van der Waals surface area contributed by atoms with Crippen LogP contribution >= 0.6 is 0 Å². The van der Waals surface area contributed by atoms with Crippen LogP contribution in [0.5, 0.6) is 0 Å². The van der Waals surface area contributed by atoms with Gasteiger partial charge in [-0.15, -0.1) is 0 Å². The number of hydrogen-bond acceptors (Lipinski definition) is 1. The zero-order chi connectivity index (χ0) is 9.84. The number of hydrogen-bond donors (Lipinski definition) is 0. The molecule has 2 heteroatoms. The molecule has 0 unspecified atom stereocenters. The standard InChI is InChI=1S/C11H16N2/c1-5-12-11-7-6-10(9(2)3)8-13(11)4/h5-9H,1H2,2-4H3. The molecule has 1 rings (SSSR count). The van der Waals surface area contributed by atoms with Crippen molar-refractivity contribution in [2.75, 3.05) is 0 Å². The van der Waals surface area contributed by atoms with E-state index in [1.807, 2.05) is 17.7 Å². The lowest BCUT2D eigenvalue weighted by Crippen LogP contribution is -2.16. The highest BCUT2D eigenvalue weighted by Gasteiger charge is 1.98. The molecule has 0 radical (unpaired) electrons. The van der Waals surface area contributed by atoms with Gasteiger partial charge in [0.25, 0.3) is 0 Å². The summed E-state index contributed by atoms with van der Waals surface area (Å²) < 4.78 is 2.01. The largest absolute Gasteiger partial charge is 0.336 e. The number of pyridine rings is 1. The van der Waals surface area contributed by atoms with Crippen molar-refractivity contribution in [3.63, 3.8) is 0 Å². The van der Waals surface area contributed by atoms with Gasteiger partial charge in [0.2, 0.25) is 0 Å². The van der Waals surface area contributed by atoms with E-state index in [0.29, 0.717) is 5.92 Å². The molecular formula is C11H16N2. The van der Waals surface area contributed by atoms with Gasteiger partial charge in [-0.2, -0.15) is 0 Å². The third-order valence-electron chi connectivity index (χ3n) is 2.02. The number of nitrogens with zero attached hydrogens (tertiary/aromatic N) is 2. The Morgan fingerprint density at radius 1 is 1.46 bits per heavy atom. The molecule has 1 heterocycles. The lowest BCUT2D eigenvalue weighted by atomic mass is 10.1. The molecule has 0 aliphatic heterocycles. The molecule has 1 aromatic heterocycles. The Morgan fingerprint density at radius 2 is 2.15 bits per heavy atom. The van der Waals surface area contributed by atoms with Crippen molar-refractivity contribution in [1.82, 2.24) is 4.57 Å². The summed E-state index contributed by atoms with van der Waals surface area (Å²) in [5.41, 5.74) is 2.25. The fourth-order valence-corrected chi connectivity index (χ4v) is 1.19. The first-order valence-corrected chi connectivity index (χ1v) is 4.46. The Morgan fingerprint density at radius 3 is 2.62 bits per heavy atom.